The lowest BCUT2D eigenvalue weighted by Crippen LogP contribution is -2.41. The van der Waals surface area contributed by atoms with Gasteiger partial charge in [-0.25, -0.2) is 4.98 Å². The molecule has 1 aromatic heterocycles. The maximum atomic E-state index is 5.90. The zero-order valence-electron chi connectivity index (χ0n) is 10.3. The first-order valence-electron chi connectivity index (χ1n) is 6.31. The van der Waals surface area contributed by atoms with Crippen LogP contribution in [0.1, 0.15) is 50.2 Å². The van der Waals surface area contributed by atoms with Crippen LogP contribution >= 0.6 is 11.3 Å². The van der Waals surface area contributed by atoms with Gasteiger partial charge in [0.05, 0.1) is 10.7 Å². The number of nitrogens with two attached hydrogens (primary N) is 1. The van der Waals surface area contributed by atoms with Crippen LogP contribution in [0.4, 0.5) is 0 Å². The fourth-order valence-electron chi connectivity index (χ4n) is 2.25. The van der Waals surface area contributed by atoms with Crippen LogP contribution in [0.3, 0.4) is 0 Å². The molecule has 90 valence electrons. The first-order valence-corrected chi connectivity index (χ1v) is 7.19. The van der Waals surface area contributed by atoms with Gasteiger partial charge >= 0.3 is 0 Å². The summed E-state index contributed by atoms with van der Waals surface area (Å²) in [6, 6.07) is 0. The minimum Gasteiger partial charge on any atom is -0.330 e. The topological polar surface area (TPSA) is 38.9 Å². The van der Waals surface area contributed by atoms with Gasteiger partial charge in [-0.2, -0.15) is 0 Å². The van der Waals surface area contributed by atoms with Crippen molar-refractivity contribution in [2.24, 2.45) is 11.7 Å². The summed E-state index contributed by atoms with van der Waals surface area (Å²) in [6.07, 6.45) is 6.15. The van der Waals surface area contributed by atoms with Crippen LogP contribution in [0.15, 0.2) is 5.38 Å². The van der Waals surface area contributed by atoms with Gasteiger partial charge in [0.15, 0.2) is 0 Å². The fraction of sp³-hybridized carbons (Fsp3) is 0.769. The van der Waals surface area contributed by atoms with Crippen molar-refractivity contribution in [1.29, 1.82) is 0 Å². The maximum absolute atomic E-state index is 5.90. The van der Waals surface area contributed by atoms with Gasteiger partial charge in [0.2, 0.25) is 0 Å². The maximum Gasteiger partial charge on any atom is 0.0928 e. The second-order valence-corrected chi connectivity index (χ2v) is 6.34. The molecule has 16 heavy (non-hydrogen) atoms. The monoisotopic (exact) mass is 238 g/mol. The molecule has 0 aliphatic heterocycles. The Morgan fingerprint density at radius 1 is 1.50 bits per heavy atom. The van der Waals surface area contributed by atoms with E-state index in [1.807, 2.05) is 11.3 Å². The summed E-state index contributed by atoms with van der Waals surface area (Å²) in [7, 11) is 0. The van der Waals surface area contributed by atoms with E-state index in [0.717, 1.165) is 18.9 Å². The number of rotatable bonds is 5. The molecular weight excluding hydrogens is 216 g/mol. The molecule has 0 bridgehead atoms. The molecule has 2 N–H and O–H groups in total. The summed E-state index contributed by atoms with van der Waals surface area (Å²) in [5, 5.41) is 3.53. The van der Waals surface area contributed by atoms with Gasteiger partial charge in [0.25, 0.3) is 0 Å². The molecule has 1 saturated carbocycles. The molecule has 1 fully saturated rings. The van der Waals surface area contributed by atoms with Crippen molar-refractivity contribution in [3.63, 3.8) is 0 Å². The molecule has 2 nitrogen and oxygen atoms in total. The summed E-state index contributed by atoms with van der Waals surface area (Å²) >= 11 is 1.82. The van der Waals surface area contributed by atoms with E-state index >= 15 is 0 Å². The van der Waals surface area contributed by atoms with E-state index in [0.29, 0.717) is 0 Å². The highest BCUT2D eigenvalue weighted by Gasteiger charge is 2.39. The van der Waals surface area contributed by atoms with Crippen LogP contribution in [0.5, 0.6) is 0 Å². The summed E-state index contributed by atoms with van der Waals surface area (Å²) in [4.78, 5) is 4.79. The Labute approximate surface area is 102 Å². The van der Waals surface area contributed by atoms with E-state index in [4.69, 9.17) is 10.7 Å². The summed E-state index contributed by atoms with van der Waals surface area (Å²) in [5.41, 5.74) is 7.41. The van der Waals surface area contributed by atoms with Crippen LogP contribution in [0, 0.1) is 5.92 Å². The van der Waals surface area contributed by atoms with Crippen molar-refractivity contribution in [3.8, 4) is 0 Å². The van der Waals surface area contributed by atoms with E-state index < -0.39 is 0 Å². The largest absolute Gasteiger partial charge is 0.330 e. The Balaban J connectivity index is 2.01. The summed E-state index contributed by atoms with van der Waals surface area (Å²) < 4.78 is 0. The Morgan fingerprint density at radius 3 is 2.75 bits per heavy atom. The standard InChI is InChI=1S/C13H22N2S/c1-10(2)4-5-12-15-11(8-16-12)13(9-14)6-3-7-13/h8,10H,3-7,9,14H2,1-2H3. The molecule has 0 saturated heterocycles. The lowest BCUT2D eigenvalue weighted by atomic mass is 9.67. The van der Waals surface area contributed by atoms with Crippen molar-refractivity contribution in [1.82, 2.24) is 4.98 Å². The molecule has 0 radical (unpaired) electrons. The number of nitrogens with zero attached hydrogens (tertiary/aromatic N) is 1. The van der Waals surface area contributed by atoms with Crippen LogP contribution in [0.25, 0.3) is 0 Å². The quantitative estimate of drug-likeness (QED) is 0.856. The predicted molar refractivity (Wildman–Crippen MR) is 69.9 cm³/mol. The second kappa shape index (κ2) is 4.84. The number of aryl methyl sites for hydroxylation is 1. The molecule has 2 rings (SSSR count). The zero-order valence-corrected chi connectivity index (χ0v) is 11.1. The van der Waals surface area contributed by atoms with Gasteiger partial charge in [-0.05, 0) is 31.6 Å². The van der Waals surface area contributed by atoms with Crippen molar-refractivity contribution >= 4 is 11.3 Å². The highest BCUT2D eigenvalue weighted by atomic mass is 32.1. The van der Waals surface area contributed by atoms with Crippen molar-refractivity contribution in [2.75, 3.05) is 6.54 Å². The Morgan fingerprint density at radius 2 is 2.25 bits per heavy atom. The highest BCUT2D eigenvalue weighted by molar-refractivity contribution is 7.09. The van der Waals surface area contributed by atoms with E-state index in [9.17, 15) is 0 Å². The lowest BCUT2D eigenvalue weighted by molar-refractivity contribution is 0.246. The van der Waals surface area contributed by atoms with Gasteiger partial charge in [-0.3, -0.25) is 0 Å². The van der Waals surface area contributed by atoms with Crippen molar-refractivity contribution in [3.05, 3.63) is 16.1 Å². The third-order valence-corrected chi connectivity index (χ3v) is 4.64. The molecule has 0 spiro atoms. The van der Waals surface area contributed by atoms with Gasteiger partial charge in [0, 0.05) is 17.3 Å². The van der Waals surface area contributed by atoms with Crippen LogP contribution in [-0.2, 0) is 11.8 Å². The molecule has 1 heterocycles. The van der Waals surface area contributed by atoms with Crippen LogP contribution in [0.2, 0.25) is 0 Å². The van der Waals surface area contributed by atoms with E-state index in [1.54, 1.807) is 0 Å². The van der Waals surface area contributed by atoms with Crippen molar-refractivity contribution in [2.45, 2.75) is 51.4 Å². The van der Waals surface area contributed by atoms with Crippen LogP contribution in [-0.4, -0.2) is 11.5 Å². The normalized spacial score (nSPS) is 18.8. The average molecular weight is 238 g/mol. The average Bonchev–Trinajstić information content (AvgIpc) is 2.63. The molecule has 1 aliphatic rings. The highest BCUT2D eigenvalue weighted by Crippen LogP contribution is 2.42. The summed E-state index contributed by atoms with van der Waals surface area (Å²) in [5.74, 6) is 0.763. The molecule has 1 aliphatic carbocycles. The first-order chi connectivity index (χ1) is 7.66. The van der Waals surface area contributed by atoms with E-state index in [-0.39, 0.29) is 5.41 Å². The van der Waals surface area contributed by atoms with Gasteiger partial charge in [-0.1, -0.05) is 20.3 Å². The van der Waals surface area contributed by atoms with E-state index in [1.165, 1.54) is 36.4 Å². The lowest BCUT2D eigenvalue weighted by Gasteiger charge is -2.39. The van der Waals surface area contributed by atoms with Crippen LogP contribution < -0.4 is 5.73 Å². The summed E-state index contributed by atoms with van der Waals surface area (Å²) in [6.45, 7) is 5.30. The second-order valence-electron chi connectivity index (χ2n) is 5.40. The number of hydrogen-bond donors (Lipinski definition) is 1. The van der Waals surface area contributed by atoms with E-state index in [2.05, 4.69) is 19.2 Å². The Kier molecular flexibility index (Phi) is 3.65. The minimum absolute atomic E-state index is 0.243. The number of aromatic nitrogens is 1. The smallest absolute Gasteiger partial charge is 0.0928 e. The third kappa shape index (κ3) is 2.30. The van der Waals surface area contributed by atoms with Gasteiger partial charge < -0.3 is 5.73 Å². The molecule has 0 amide bonds. The predicted octanol–water partition coefficient (Wildman–Crippen LogP) is 3.11. The van der Waals surface area contributed by atoms with Crippen molar-refractivity contribution < 1.29 is 0 Å². The molecule has 0 atom stereocenters. The molecule has 3 heteroatoms. The first kappa shape index (κ1) is 12.1. The van der Waals surface area contributed by atoms with Gasteiger partial charge in [-0.15, -0.1) is 11.3 Å². The molecule has 0 aromatic carbocycles. The Bertz CT molecular complexity index is 334. The zero-order chi connectivity index (χ0) is 11.6. The number of thiazole rings is 1. The molecule has 1 aromatic rings. The SMILES string of the molecule is CC(C)CCc1nc(C2(CN)CCC2)cs1. The molecular formula is C13H22N2S. The number of hydrogen-bond acceptors (Lipinski definition) is 3. The minimum atomic E-state index is 0.243. The Hall–Kier alpha value is -0.410. The fourth-order valence-corrected chi connectivity index (χ4v) is 3.19. The molecule has 0 unspecified atom stereocenters. The van der Waals surface area contributed by atoms with Gasteiger partial charge in [0.1, 0.15) is 0 Å². The third-order valence-electron chi connectivity index (χ3n) is 3.73.